The number of anilines is 2. The summed E-state index contributed by atoms with van der Waals surface area (Å²) in [6.45, 7) is 1.46. The highest BCUT2D eigenvalue weighted by molar-refractivity contribution is 5.99. The average molecular weight is 416 g/mol. The first kappa shape index (κ1) is 19.3. The molecule has 1 aliphatic rings. The maximum Gasteiger partial charge on any atom is 0.225 e. The summed E-state index contributed by atoms with van der Waals surface area (Å²) in [6, 6.07) is 17.5. The van der Waals surface area contributed by atoms with Gasteiger partial charge in [-0.25, -0.2) is 9.67 Å². The van der Waals surface area contributed by atoms with Crippen LogP contribution in [0.5, 0.6) is 5.75 Å². The molecular formula is C23H24N6O2. The van der Waals surface area contributed by atoms with Crippen molar-refractivity contribution < 1.29 is 9.47 Å². The summed E-state index contributed by atoms with van der Waals surface area (Å²) in [5.74, 6) is 1.73. The number of ether oxygens (including phenoxy) is 2. The molecule has 1 saturated heterocycles. The molecule has 158 valence electrons. The van der Waals surface area contributed by atoms with Gasteiger partial charge in [0.2, 0.25) is 5.95 Å². The minimum atomic E-state index is 0.173. The summed E-state index contributed by atoms with van der Waals surface area (Å²) < 4.78 is 12.8. The van der Waals surface area contributed by atoms with E-state index in [1.807, 2.05) is 54.6 Å². The fourth-order valence-electron chi connectivity index (χ4n) is 3.85. The Morgan fingerprint density at radius 1 is 1.16 bits per heavy atom. The lowest BCUT2D eigenvalue weighted by Crippen LogP contribution is -2.19. The van der Waals surface area contributed by atoms with Crippen molar-refractivity contribution >= 4 is 22.8 Å². The standard InChI is InChI=1S/C23H24N6O2/c1-30-17-10-5-7-15(13-17)20-19-21(24)29(16-8-3-2-4-9-16)28-22(19)27-23(26-20)25-14-18-11-6-12-31-18/h2-5,7-10,13,18H,6,11-12,14,24H2,1H3,(H,25,27,28). The minimum absolute atomic E-state index is 0.173. The SMILES string of the molecule is COc1cccc(-c2nc(NCC3CCCO3)nc3nn(-c4ccccc4)c(N)c23)c1. The number of nitrogen functional groups attached to an aromatic ring is 1. The van der Waals surface area contributed by atoms with Gasteiger partial charge in [-0.1, -0.05) is 30.3 Å². The number of nitrogens with zero attached hydrogens (tertiary/aromatic N) is 4. The molecule has 2 aromatic carbocycles. The number of fused-ring (bicyclic) bond motifs is 1. The summed E-state index contributed by atoms with van der Waals surface area (Å²) in [5, 5.41) is 8.72. The predicted octanol–water partition coefficient (Wildman–Crippen LogP) is 3.66. The molecule has 31 heavy (non-hydrogen) atoms. The number of nitrogens with one attached hydrogen (secondary N) is 1. The van der Waals surface area contributed by atoms with E-state index in [-0.39, 0.29) is 6.10 Å². The second-order valence-electron chi connectivity index (χ2n) is 7.47. The average Bonchev–Trinajstić information content (AvgIpc) is 3.46. The van der Waals surface area contributed by atoms with E-state index in [9.17, 15) is 0 Å². The van der Waals surface area contributed by atoms with Crippen molar-refractivity contribution in [3.05, 3.63) is 54.6 Å². The molecule has 4 aromatic rings. The van der Waals surface area contributed by atoms with Gasteiger partial charge in [0.25, 0.3) is 0 Å². The van der Waals surface area contributed by atoms with Crippen molar-refractivity contribution in [2.45, 2.75) is 18.9 Å². The largest absolute Gasteiger partial charge is 0.497 e. The molecule has 1 aliphatic heterocycles. The van der Waals surface area contributed by atoms with Crippen LogP contribution in [-0.2, 0) is 4.74 Å². The van der Waals surface area contributed by atoms with Crippen molar-refractivity contribution in [3.63, 3.8) is 0 Å². The number of benzene rings is 2. The molecule has 1 atom stereocenters. The number of rotatable bonds is 6. The first-order valence-electron chi connectivity index (χ1n) is 10.3. The van der Waals surface area contributed by atoms with E-state index in [4.69, 9.17) is 20.2 Å². The molecule has 0 radical (unpaired) electrons. The zero-order valence-corrected chi connectivity index (χ0v) is 17.3. The highest BCUT2D eigenvalue weighted by Gasteiger charge is 2.21. The normalized spacial score (nSPS) is 16.0. The van der Waals surface area contributed by atoms with Gasteiger partial charge in [0, 0.05) is 18.7 Å². The highest BCUT2D eigenvalue weighted by atomic mass is 16.5. The molecule has 2 aromatic heterocycles. The van der Waals surface area contributed by atoms with Gasteiger partial charge in [-0.15, -0.1) is 5.10 Å². The van der Waals surface area contributed by atoms with Crippen LogP contribution >= 0.6 is 0 Å². The van der Waals surface area contributed by atoms with Gasteiger partial charge in [0.05, 0.1) is 30.0 Å². The molecule has 1 fully saturated rings. The molecule has 3 N–H and O–H groups in total. The second kappa shape index (κ2) is 8.23. The number of methoxy groups -OCH3 is 1. The molecular weight excluding hydrogens is 392 g/mol. The van der Waals surface area contributed by atoms with Gasteiger partial charge in [0.1, 0.15) is 11.6 Å². The zero-order chi connectivity index (χ0) is 21.2. The number of hydrogen-bond donors (Lipinski definition) is 2. The molecule has 0 bridgehead atoms. The molecule has 1 unspecified atom stereocenters. The highest BCUT2D eigenvalue weighted by Crippen LogP contribution is 2.34. The van der Waals surface area contributed by atoms with Gasteiger partial charge in [-0.05, 0) is 37.1 Å². The van der Waals surface area contributed by atoms with Crippen molar-refractivity contribution in [2.75, 3.05) is 31.3 Å². The Kier molecular flexibility index (Phi) is 5.13. The number of para-hydroxylation sites is 1. The maximum absolute atomic E-state index is 6.55. The van der Waals surface area contributed by atoms with Gasteiger partial charge >= 0.3 is 0 Å². The Morgan fingerprint density at radius 2 is 2.03 bits per heavy atom. The Hall–Kier alpha value is -3.65. The fraction of sp³-hybridized carbons (Fsp3) is 0.261. The van der Waals surface area contributed by atoms with E-state index in [2.05, 4.69) is 15.4 Å². The topological polar surface area (TPSA) is 100 Å². The number of nitrogens with two attached hydrogens (primary N) is 1. The fourth-order valence-corrected chi connectivity index (χ4v) is 3.85. The molecule has 0 spiro atoms. The quantitative estimate of drug-likeness (QED) is 0.495. The molecule has 0 amide bonds. The summed E-state index contributed by atoms with van der Waals surface area (Å²) in [6.07, 6.45) is 2.29. The minimum Gasteiger partial charge on any atom is -0.497 e. The smallest absolute Gasteiger partial charge is 0.225 e. The monoisotopic (exact) mass is 416 g/mol. The Labute approximate surface area is 180 Å². The molecule has 8 heteroatoms. The van der Waals surface area contributed by atoms with E-state index in [1.165, 1.54) is 0 Å². The van der Waals surface area contributed by atoms with Crippen LogP contribution in [0.4, 0.5) is 11.8 Å². The van der Waals surface area contributed by atoms with E-state index in [1.54, 1.807) is 11.8 Å². The lowest BCUT2D eigenvalue weighted by Gasteiger charge is -2.12. The third-order valence-corrected chi connectivity index (χ3v) is 5.42. The van der Waals surface area contributed by atoms with E-state index >= 15 is 0 Å². The Balaban J connectivity index is 1.64. The number of hydrogen-bond acceptors (Lipinski definition) is 7. The van der Waals surface area contributed by atoms with Crippen LogP contribution in [0.3, 0.4) is 0 Å². The van der Waals surface area contributed by atoms with Crippen LogP contribution in [0.15, 0.2) is 54.6 Å². The molecule has 0 aliphatic carbocycles. The van der Waals surface area contributed by atoms with E-state index in [0.29, 0.717) is 35.0 Å². The predicted molar refractivity (Wildman–Crippen MR) is 121 cm³/mol. The zero-order valence-electron chi connectivity index (χ0n) is 17.3. The maximum atomic E-state index is 6.55. The van der Waals surface area contributed by atoms with Crippen LogP contribution < -0.4 is 15.8 Å². The van der Waals surface area contributed by atoms with Crippen LogP contribution in [0, 0.1) is 0 Å². The molecule has 8 nitrogen and oxygen atoms in total. The van der Waals surface area contributed by atoms with Crippen molar-refractivity contribution in [2.24, 2.45) is 0 Å². The van der Waals surface area contributed by atoms with E-state index in [0.717, 1.165) is 36.4 Å². The van der Waals surface area contributed by atoms with Crippen LogP contribution in [0.25, 0.3) is 28.0 Å². The second-order valence-corrected chi connectivity index (χ2v) is 7.47. The summed E-state index contributed by atoms with van der Waals surface area (Å²) in [7, 11) is 1.64. The first-order valence-corrected chi connectivity index (χ1v) is 10.3. The van der Waals surface area contributed by atoms with Crippen molar-refractivity contribution in [1.29, 1.82) is 0 Å². The van der Waals surface area contributed by atoms with Gasteiger partial charge in [-0.3, -0.25) is 0 Å². The summed E-state index contributed by atoms with van der Waals surface area (Å²) >= 11 is 0. The summed E-state index contributed by atoms with van der Waals surface area (Å²) in [5.41, 5.74) is 9.54. The first-order chi connectivity index (χ1) is 15.2. The van der Waals surface area contributed by atoms with Crippen LogP contribution in [-0.4, -0.2) is 46.1 Å². The summed E-state index contributed by atoms with van der Waals surface area (Å²) in [4.78, 5) is 9.46. The van der Waals surface area contributed by atoms with Crippen molar-refractivity contribution in [1.82, 2.24) is 19.7 Å². The lowest BCUT2D eigenvalue weighted by molar-refractivity contribution is 0.120. The molecule has 0 saturated carbocycles. The lowest BCUT2D eigenvalue weighted by atomic mass is 10.1. The van der Waals surface area contributed by atoms with Gasteiger partial charge in [-0.2, -0.15) is 4.98 Å². The van der Waals surface area contributed by atoms with Gasteiger partial charge in [0.15, 0.2) is 5.65 Å². The Bertz CT molecular complexity index is 1200. The third kappa shape index (κ3) is 3.77. The third-order valence-electron chi connectivity index (χ3n) is 5.42. The molecule has 5 rings (SSSR count). The number of aromatic nitrogens is 4. The van der Waals surface area contributed by atoms with E-state index < -0.39 is 0 Å². The van der Waals surface area contributed by atoms with Gasteiger partial charge < -0.3 is 20.5 Å². The van der Waals surface area contributed by atoms with Crippen molar-refractivity contribution in [3.8, 4) is 22.7 Å². The molecule has 3 heterocycles. The Morgan fingerprint density at radius 3 is 2.81 bits per heavy atom. The van der Waals surface area contributed by atoms with Crippen LogP contribution in [0.2, 0.25) is 0 Å². The van der Waals surface area contributed by atoms with Crippen LogP contribution in [0.1, 0.15) is 12.8 Å².